The highest BCUT2D eigenvalue weighted by Gasteiger charge is 2.20. The van der Waals surface area contributed by atoms with E-state index in [-0.39, 0.29) is 11.5 Å². The van der Waals surface area contributed by atoms with Crippen LogP contribution < -0.4 is 0 Å². The predicted octanol–water partition coefficient (Wildman–Crippen LogP) is 4.81. The van der Waals surface area contributed by atoms with Gasteiger partial charge in [0.2, 0.25) is 0 Å². The molecule has 120 valence electrons. The molecule has 1 aliphatic rings. The van der Waals surface area contributed by atoms with Crippen molar-refractivity contribution in [1.29, 1.82) is 0 Å². The molecule has 24 heavy (non-hydrogen) atoms. The molecule has 1 fully saturated rings. The molecule has 0 heterocycles. The lowest BCUT2D eigenvalue weighted by Gasteiger charge is -2.16. The molecule has 0 amide bonds. The molecule has 1 saturated carbocycles. The van der Waals surface area contributed by atoms with E-state index in [2.05, 4.69) is 0 Å². The number of benzene rings is 2. The van der Waals surface area contributed by atoms with Gasteiger partial charge in [-0.25, -0.2) is 0 Å². The van der Waals surface area contributed by atoms with Crippen molar-refractivity contribution in [2.75, 3.05) is 0 Å². The normalized spacial score (nSPS) is 18.1. The van der Waals surface area contributed by atoms with Gasteiger partial charge in [0.05, 0.1) is 4.92 Å². The molecule has 4 heteroatoms. The van der Waals surface area contributed by atoms with Gasteiger partial charge in [-0.1, -0.05) is 30.3 Å². The Morgan fingerprint density at radius 1 is 0.833 bits per heavy atom. The first-order chi connectivity index (χ1) is 11.6. The second-order valence-electron chi connectivity index (χ2n) is 5.78. The average Bonchev–Trinajstić information content (AvgIpc) is 2.60. The molecule has 0 aliphatic heterocycles. The lowest BCUT2D eigenvalue weighted by atomic mass is 9.87. The summed E-state index contributed by atoms with van der Waals surface area (Å²) >= 11 is 0. The molecule has 0 saturated heterocycles. The SMILES string of the molecule is O=C1C(=Cc2ccccc2)CCCC1=Cc1ccc([N+](=O)[O-])cc1. The van der Waals surface area contributed by atoms with Crippen LogP contribution in [0.2, 0.25) is 0 Å². The zero-order valence-corrected chi connectivity index (χ0v) is 13.1. The Bertz CT molecular complexity index is 818. The fourth-order valence-corrected chi connectivity index (χ4v) is 2.82. The van der Waals surface area contributed by atoms with Gasteiger partial charge in [-0.2, -0.15) is 0 Å². The number of nitro groups is 1. The average molecular weight is 319 g/mol. The monoisotopic (exact) mass is 319 g/mol. The first-order valence-corrected chi connectivity index (χ1v) is 7.89. The molecular weight excluding hydrogens is 302 g/mol. The van der Waals surface area contributed by atoms with Crippen LogP contribution in [0.15, 0.2) is 65.7 Å². The van der Waals surface area contributed by atoms with Gasteiger partial charge in [-0.05, 0) is 54.7 Å². The molecular formula is C20H17NO3. The second-order valence-corrected chi connectivity index (χ2v) is 5.78. The van der Waals surface area contributed by atoms with Gasteiger partial charge in [0.1, 0.15) is 0 Å². The van der Waals surface area contributed by atoms with Gasteiger partial charge in [-0.3, -0.25) is 14.9 Å². The maximum absolute atomic E-state index is 12.7. The van der Waals surface area contributed by atoms with Crippen molar-refractivity contribution in [3.05, 3.63) is 87.0 Å². The number of rotatable bonds is 3. The molecule has 3 rings (SSSR count). The lowest BCUT2D eigenvalue weighted by Crippen LogP contribution is -2.12. The molecule has 2 aromatic carbocycles. The van der Waals surface area contributed by atoms with E-state index >= 15 is 0 Å². The molecule has 0 N–H and O–H groups in total. The van der Waals surface area contributed by atoms with Gasteiger partial charge in [-0.15, -0.1) is 0 Å². The molecule has 0 aromatic heterocycles. The minimum atomic E-state index is -0.427. The number of non-ortho nitro benzene ring substituents is 1. The summed E-state index contributed by atoms with van der Waals surface area (Å²) in [6, 6.07) is 16.1. The van der Waals surface area contributed by atoms with Crippen molar-refractivity contribution in [3.8, 4) is 0 Å². The molecule has 0 bridgehead atoms. The molecule has 0 radical (unpaired) electrons. The molecule has 0 spiro atoms. The second kappa shape index (κ2) is 7.04. The van der Waals surface area contributed by atoms with Crippen molar-refractivity contribution in [1.82, 2.24) is 0 Å². The number of hydrogen-bond donors (Lipinski definition) is 0. The van der Waals surface area contributed by atoms with Crippen LogP contribution in [0.25, 0.3) is 12.2 Å². The van der Waals surface area contributed by atoms with Crippen LogP contribution in [-0.2, 0) is 4.79 Å². The fraction of sp³-hybridized carbons (Fsp3) is 0.150. The zero-order valence-electron chi connectivity index (χ0n) is 13.1. The minimum absolute atomic E-state index is 0.0526. The number of Topliss-reactive ketones (excluding diaryl/α,β-unsaturated/α-hetero) is 1. The quantitative estimate of drug-likeness (QED) is 0.463. The highest BCUT2D eigenvalue weighted by molar-refractivity contribution is 6.13. The smallest absolute Gasteiger partial charge is 0.269 e. The van der Waals surface area contributed by atoms with E-state index < -0.39 is 4.92 Å². The van der Waals surface area contributed by atoms with E-state index in [1.54, 1.807) is 12.1 Å². The van der Waals surface area contributed by atoms with E-state index in [1.807, 2.05) is 42.5 Å². The number of carbonyl (C=O) groups is 1. The molecule has 0 unspecified atom stereocenters. The molecule has 1 aliphatic carbocycles. The number of carbonyl (C=O) groups excluding carboxylic acids is 1. The Labute approximate surface area is 140 Å². The van der Waals surface area contributed by atoms with Crippen LogP contribution in [0.1, 0.15) is 30.4 Å². The van der Waals surface area contributed by atoms with Gasteiger partial charge >= 0.3 is 0 Å². The minimum Gasteiger partial charge on any atom is -0.289 e. The van der Waals surface area contributed by atoms with Gasteiger partial charge in [0.15, 0.2) is 5.78 Å². The maximum atomic E-state index is 12.7. The summed E-state index contributed by atoms with van der Waals surface area (Å²) in [5.41, 5.74) is 3.47. The van der Waals surface area contributed by atoms with E-state index in [4.69, 9.17) is 0 Å². The Balaban J connectivity index is 1.84. The van der Waals surface area contributed by atoms with E-state index in [0.29, 0.717) is 0 Å². The van der Waals surface area contributed by atoms with Crippen LogP contribution in [0.5, 0.6) is 0 Å². The van der Waals surface area contributed by atoms with Crippen LogP contribution in [0.3, 0.4) is 0 Å². The molecule has 2 aromatic rings. The summed E-state index contributed by atoms with van der Waals surface area (Å²) in [5, 5.41) is 10.7. The lowest BCUT2D eigenvalue weighted by molar-refractivity contribution is -0.384. The van der Waals surface area contributed by atoms with Crippen molar-refractivity contribution in [2.45, 2.75) is 19.3 Å². The van der Waals surface area contributed by atoms with Gasteiger partial charge < -0.3 is 0 Å². The highest BCUT2D eigenvalue weighted by atomic mass is 16.6. The Kier molecular flexibility index (Phi) is 4.66. The summed E-state index contributed by atoms with van der Waals surface area (Å²) < 4.78 is 0. The van der Waals surface area contributed by atoms with Crippen LogP contribution in [0.4, 0.5) is 5.69 Å². The van der Waals surface area contributed by atoms with Crippen molar-refractivity contribution >= 4 is 23.6 Å². The number of hydrogen-bond acceptors (Lipinski definition) is 3. The third kappa shape index (κ3) is 3.66. The topological polar surface area (TPSA) is 60.2 Å². The first kappa shape index (κ1) is 15.9. The Morgan fingerprint density at radius 2 is 1.38 bits per heavy atom. The summed E-state index contributed by atoms with van der Waals surface area (Å²) in [5.74, 6) is 0.0726. The third-order valence-electron chi connectivity index (χ3n) is 4.06. The summed E-state index contributed by atoms with van der Waals surface area (Å²) in [6.45, 7) is 0. The van der Waals surface area contributed by atoms with Crippen molar-refractivity contribution in [3.63, 3.8) is 0 Å². The van der Waals surface area contributed by atoms with E-state index in [1.165, 1.54) is 12.1 Å². The van der Waals surface area contributed by atoms with Crippen LogP contribution >= 0.6 is 0 Å². The number of nitrogens with zero attached hydrogens (tertiary/aromatic N) is 1. The standard InChI is InChI=1S/C20H17NO3/c22-20-17(13-15-5-2-1-3-6-15)7-4-8-18(20)14-16-9-11-19(12-10-16)21(23)24/h1-3,5-6,9-14H,4,7-8H2. The number of ketones is 1. The Morgan fingerprint density at radius 3 is 1.92 bits per heavy atom. The summed E-state index contributed by atoms with van der Waals surface area (Å²) in [4.78, 5) is 22.9. The van der Waals surface area contributed by atoms with Crippen molar-refractivity contribution in [2.24, 2.45) is 0 Å². The van der Waals surface area contributed by atoms with Gasteiger partial charge in [0, 0.05) is 23.3 Å². The zero-order chi connectivity index (χ0) is 16.9. The Hall–Kier alpha value is -3.01. The summed E-state index contributed by atoms with van der Waals surface area (Å²) in [6.07, 6.45) is 6.24. The van der Waals surface area contributed by atoms with Crippen LogP contribution in [-0.4, -0.2) is 10.7 Å². The predicted molar refractivity (Wildman–Crippen MR) is 94.4 cm³/mol. The third-order valence-corrected chi connectivity index (χ3v) is 4.06. The van der Waals surface area contributed by atoms with Crippen LogP contribution in [0, 0.1) is 10.1 Å². The fourth-order valence-electron chi connectivity index (χ4n) is 2.82. The molecule has 4 nitrogen and oxygen atoms in total. The first-order valence-electron chi connectivity index (χ1n) is 7.89. The summed E-state index contributed by atoms with van der Waals surface area (Å²) in [7, 11) is 0. The van der Waals surface area contributed by atoms with E-state index in [9.17, 15) is 14.9 Å². The van der Waals surface area contributed by atoms with Gasteiger partial charge in [0.25, 0.3) is 5.69 Å². The number of allylic oxidation sites excluding steroid dienone is 2. The molecule has 0 atom stereocenters. The van der Waals surface area contributed by atoms with Crippen molar-refractivity contribution < 1.29 is 9.72 Å². The van der Waals surface area contributed by atoms with E-state index in [0.717, 1.165) is 41.5 Å². The maximum Gasteiger partial charge on any atom is 0.269 e. The number of nitro benzene ring substituents is 1. The largest absolute Gasteiger partial charge is 0.289 e. The highest BCUT2D eigenvalue weighted by Crippen LogP contribution is 2.28.